The summed E-state index contributed by atoms with van der Waals surface area (Å²) < 4.78 is 18.3. The number of Topliss-reactive ketones (excluding diaryl/α,β-unsaturated/α-hetero) is 2. The molecule has 0 radical (unpaired) electrons. The quantitative estimate of drug-likeness (QED) is 0.312. The van der Waals surface area contributed by atoms with Crippen LogP contribution in [0.5, 0.6) is 0 Å². The van der Waals surface area contributed by atoms with Gasteiger partial charge >= 0.3 is 11.9 Å². The van der Waals surface area contributed by atoms with E-state index < -0.39 is 71.0 Å². The predicted octanol–water partition coefficient (Wildman–Crippen LogP) is 3.95. The number of allylic oxidation sites excluding steroid dienone is 2. The number of carbonyl (C=O) groups is 5. The Bertz CT molecular complexity index is 1610. The van der Waals surface area contributed by atoms with Crippen LogP contribution in [-0.2, 0) is 38.2 Å². The van der Waals surface area contributed by atoms with Gasteiger partial charge in [-0.05, 0) is 23.6 Å². The van der Waals surface area contributed by atoms with E-state index >= 15 is 0 Å². The van der Waals surface area contributed by atoms with Crippen molar-refractivity contribution in [2.45, 2.75) is 44.0 Å². The van der Waals surface area contributed by atoms with Crippen LogP contribution < -0.4 is 0 Å². The maximum Gasteiger partial charge on any atom is 0.306 e. The summed E-state index contributed by atoms with van der Waals surface area (Å²) in [7, 11) is 0. The standard InChI is InChI=1S/C34H28O8/c35-22-16-23(18-9-5-2-6-10-18)41-32-28(22)19-14-26(37)42-31(19)29-20-13-24-21(15-27(38)40-24)34(30(29)32,33(20)39)25(36)12-11-17-7-3-1-4-8-17/h1-12,19-21,23-24,29-31H,13-16H2/b12-11+/t19-,20+,21+,23-,24+,29-,30+,31+,34+/m1/s1. The first kappa shape index (κ1) is 25.4. The highest BCUT2D eigenvalue weighted by Crippen LogP contribution is 2.69. The Hall–Kier alpha value is -4.33. The van der Waals surface area contributed by atoms with Crippen LogP contribution in [0.4, 0.5) is 0 Å². The van der Waals surface area contributed by atoms with Crippen LogP contribution in [0, 0.1) is 35.0 Å². The van der Waals surface area contributed by atoms with E-state index in [2.05, 4.69) is 0 Å². The van der Waals surface area contributed by atoms with Crippen molar-refractivity contribution in [3.05, 3.63) is 89.2 Å². The van der Waals surface area contributed by atoms with Crippen molar-refractivity contribution in [3.8, 4) is 0 Å². The molecular formula is C34H28O8. The Labute approximate surface area is 241 Å². The molecule has 2 aromatic carbocycles. The molecule has 0 unspecified atom stereocenters. The molecule has 42 heavy (non-hydrogen) atoms. The number of benzene rings is 2. The van der Waals surface area contributed by atoms with E-state index in [0.717, 1.165) is 11.1 Å². The molecule has 8 nitrogen and oxygen atoms in total. The van der Waals surface area contributed by atoms with Gasteiger partial charge in [-0.1, -0.05) is 66.7 Å². The molecule has 8 rings (SSSR count). The van der Waals surface area contributed by atoms with Crippen molar-refractivity contribution in [2.24, 2.45) is 35.0 Å². The van der Waals surface area contributed by atoms with Crippen molar-refractivity contribution < 1.29 is 38.2 Å². The van der Waals surface area contributed by atoms with Gasteiger partial charge in [0.25, 0.3) is 0 Å². The SMILES string of the molecule is O=C1C[C@@H]2C3=C(O[C@@H](c4ccccc4)CC3=O)[C@@H]3[C@H]([C@H]2O1)[C@@H]1C[C@@H]2OC(=O)C[C@@H]2[C@@]3(C(=O)/C=C/c2ccccc2)C1=O. The molecule has 6 aliphatic rings. The third kappa shape index (κ3) is 3.38. The number of ether oxygens (including phenoxy) is 3. The fraction of sp³-hybridized carbons (Fsp3) is 0.382. The zero-order valence-electron chi connectivity index (χ0n) is 22.6. The van der Waals surface area contributed by atoms with Crippen molar-refractivity contribution in [3.63, 3.8) is 0 Å². The molecule has 212 valence electrons. The average Bonchev–Trinajstić information content (AvgIpc) is 3.62. The molecule has 9 atom stereocenters. The molecule has 2 saturated carbocycles. The van der Waals surface area contributed by atoms with Crippen molar-refractivity contribution in [2.75, 3.05) is 0 Å². The zero-order valence-corrected chi connectivity index (χ0v) is 22.6. The van der Waals surface area contributed by atoms with Crippen LogP contribution in [0.1, 0.15) is 42.9 Å². The second-order valence-corrected chi connectivity index (χ2v) is 12.3. The van der Waals surface area contributed by atoms with Crippen LogP contribution in [0.2, 0.25) is 0 Å². The Morgan fingerprint density at radius 2 is 1.52 bits per heavy atom. The molecule has 2 saturated heterocycles. The monoisotopic (exact) mass is 564 g/mol. The fourth-order valence-corrected chi connectivity index (χ4v) is 8.86. The molecule has 0 aromatic heterocycles. The summed E-state index contributed by atoms with van der Waals surface area (Å²) in [5.74, 6) is -4.78. The van der Waals surface area contributed by atoms with Gasteiger partial charge in [0.05, 0.1) is 19.3 Å². The van der Waals surface area contributed by atoms with Gasteiger partial charge in [-0.3, -0.25) is 24.0 Å². The lowest BCUT2D eigenvalue weighted by Gasteiger charge is -2.46. The minimum atomic E-state index is -1.69. The van der Waals surface area contributed by atoms with E-state index in [1.165, 1.54) is 6.08 Å². The van der Waals surface area contributed by atoms with Gasteiger partial charge in [-0.25, -0.2) is 0 Å². The van der Waals surface area contributed by atoms with Crippen LogP contribution in [-0.4, -0.2) is 41.5 Å². The van der Waals surface area contributed by atoms with Gasteiger partial charge in [-0.15, -0.1) is 0 Å². The summed E-state index contributed by atoms with van der Waals surface area (Å²) in [4.78, 5) is 68.5. The first-order chi connectivity index (χ1) is 20.4. The third-order valence-corrected chi connectivity index (χ3v) is 10.4. The lowest BCUT2D eigenvalue weighted by molar-refractivity contribution is -0.154. The van der Waals surface area contributed by atoms with Gasteiger partial charge in [0.1, 0.15) is 29.5 Å². The molecule has 2 bridgehead atoms. The van der Waals surface area contributed by atoms with E-state index in [4.69, 9.17) is 14.2 Å². The van der Waals surface area contributed by atoms with Gasteiger partial charge < -0.3 is 14.2 Å². The van der Waals surface area contributed by atoms with Crippen molar-refractivity contribution in [1.29, 1.82) is 0 Å². The highest BCUT2D eigenvalue weighted by atomic mass is 16.6. The Balaban J connectivity index is 1.33. The van der Waals surface area contributed by atoms with E-state index in [0.29, 0.717) is 11.3 Å². The van der Waals surface area contributed by atoms with Crippen LogP contribution in [0.25, 0.3) is 6.08 Å². The molecule has 4 fully saturated rings. The minimum absolute atomic E-state index is 0.0232. The molecule has 3 aliphatic carbocycles. The third-order valence-electron chi connectivity index (χ3n) is 10.4. The summed E-state index contributed by atoms with van der Waals surface area (Å²) in [5.41, 5.74) is 0.271. The minimum Gasteiger partial charge on any atom is -0.489 e. The second-order valence-electron chi connectivity index (χ2n) is 12.3. The van der Waals surface area contributed by atoms with Gasteiger partial charge in [-0.2, -0.15) is 0 Å². The number of hydrogen-bond donors (Lipinski definition) is 0. The summed E-state index contributed by atoms with van der Waals surface area (Å²) >= 11 is 0. The number of rotatable bonds is 4. The van der Waals surface area contributed by atoms with Gasteiger partial charge in [0, 0.05) is 35.2 Å². The smallest absolute Gasteiger partial charge is 0.306 e. The largest absolute Gasteiger partial charge is 0.489 e. The lowest BCUT2D eigenvalue weighted by atomic mass is 9.57. The first-order valence-electron chi connectivity index (χ1n) is 14.6. The van der Waals surface area contributed by atoms with Crippen molar-refractivity contribution >= 4 is 35.4 Å². The lowest BCUT2D eigenvalue weighted by Crippen LogP contribution is -2.54. The average molecular weight is 565 g/mol. The Kier molecular flexibility index (Phi) is 5.49. The Morgan fingerprint density at radius 1 is 0.810 bits per heavy atom. The predicted molar refractivity (Wildman–Crippen MR) is 146 cm³/mol. The van der Waals surface area contributed by atoms with E-state index in [1.54, 1.807) is 6.08 Å². The molecule has 3 aliphatic heterocycles. The van der Waals surface area contributed by atoms with Crippen LogP contribution in [0.3, 0.4) is 0 Å². The second kappa shape index (κ2) is 9.08. The normalized spacial score (nSPS) is 37.9. The number of esters is 2. The number of fused-ring (bicyclic) bond motifs is 11. The van der Waals surface area contributed by atoms with Gasteiger partial charge in [0.2, 0.25) is 0 Å². The van der Waals surface area contributed by atoms with E-state index in [1.807, 2.05) is 60.7 Å². The summed E-state index contributed by atoms with van der Waals surface area (Å²) in [5, 5.41) is 0. The summed E-state index contributed by atoms with van der Waals surface area (Å²) in [6.45, 7) is 0. The maximum absolute atomic E-state index is 14.6. The topological polar surface area (TPSA) is 113 Å². The molecule has 2 aromatic rings. The molecule has 0 N–H and O–H groups in total. The number of ketones is 3. The van der Waals surface area contributed by atoms with Crippen LogP contribution >= 0.6 is 0 Å². The molecular weight excluding hydrogens is 536 g/mol. The van der Waals surface area contributed by atoms with Gasteiger partial charge in [0.15, 0.2) is 17.3 Å². The van der Waals surface area contributed by atoms with Crippen molar-refractivity contribution in [1.82, 2.24) is 0 Å². The first-order valence-corrected chi connectivity index (χ1v) is 14.6. The number of hydrogen-bond acceptors (Lipinski definition) is 8. The van der Waals surface area contributed by atoms with E-state index in [-0.39, 0.29) is 37.2 Å². The zero-order chi connectivity index (χ0) is 28.7. The molecule has 0 spiro atoms. The summed E-state index contributed by atoms with van der Waals surface area (Å²) in [6.07, 6.45) is 1.42. The molecule has 0 amide bonds. The highest BCUT2D eigenvalue weighted by Gasteiger charge is 2.78. The molecule has 8 heteroatoms. The maximum atomic E-state index is 14.6. The Morgan fingerprint density at radius 3 is 2.29 bits per heavy atom. The molecule has 3 heterocycles. The fourth-order valence-electron chi connectivity index (χ4n) is 8.86. The van der Waals surface area contributed by atoms with Crippen LogP contribution in [0.15, 0.2) is 78.1 Å². The van der Waals surface area contributed by atoms with E-state index in [9.17, 15) is 24.0 Å². The number of carbonyl (C=O) groups excluding carboxylic acids is 5. The summed E-state index contributed by atoms with van der Waals surface area (Å²) in [6, 6.07) is 18.7. The highest BCUT2D eigenvalue weighted by molar-refractivity contribution is 6.17.